The molecule has 0 bridgehead atoms. The van der Waals surface area contributed by atoms with E-state index in [9.17, 15) is 18.0 Å². The molecule has 1 saturated heterocycles. The second-order valence-electron chi connectivity index (χ2n) is 7.72. The zero-order valence-electron chi connectivity index (χ0n) is 15.8. The van der Waals surface area contributed by atoms with Gasteiger partial charge < -0.3 is 17.3 Å². The van der Waals surface area contributed by atoms with E-state index in [1.54, 1.807) is 6.07 Å². The Hall–Kier alpha value is -0.980. The first-order chi connectivity index (χ1) is 12.8. The van der Waals surface area contributed by atoms with Crippen LogP contribution in [0.5, 0.6) is 0 Å². The number of halogens is 5. The molecule has 8 heteroatoms. The Bertz CT molecular complexity index is 655. The van der Waals surface area contributed by atoms with Crippen molar-refractivity contribution in [3.8, 4) is 0 Å². The highest BCUT2D eigenvalue weighted by molar-refractivity contribution is 6.31. The Morgan fingerprint density at radius 2 is 1.79 bits per heavy atom. The molecular weight excluding hydrogens is 412 g/mol. The number of rotatable bonds is 4. The van der Waals surface area contributed by atoms with Crippen LogP contribution < -0.4 is 17.3 Å². The summed E-state index contributed by atoms with van der Waals surface area (Å²) in [6.07, 6.45) is 3.47. The minimum absolute atomic E-state index is 0. The van der Waals surface area contributed by atoms with E-state index in [0.29, 0.717) is 44.2 Å². The fraction of sp³-hybridized carbons (Fsp3) is 0.650. The van der Waals surface area contributed by atoms with Crippen LogP contribution in [0.3, 0.4) is 0 Å². The number of carbonyl (C=O) groups is 1. The monoisotopic (exact) mass is 438 g/mol. The third-order valence-corrected chi connectivity index (χ3v) is 6.22. The molecular formula is C20H27Cl2F3N2O. The molecule has 0 aromatic heterocycles. The van der Waals surface area contributed by atoms with E-state index in [4.69, 9.17) is 11.6 Å². The Labute approximate surface area is 175 Å². The van der Waals surface area contributed by atoms with Crippen LogP contribution in [0, 0.1) is 5.92 Å². The van der Waals surface area contributed by atoms with Crippen LogP contribution in [0.2, 0.25) is 5.02 Å². The number of benzene rings is 1. The van der Waals surface area contributed by atoms with Crippen LogP contribution >= 0.6 is 11.6 Å². The van der Waals surface area contributed by atoms with Gasteiger partial charge in [0.1, 0.15) is 5.69 Å². The van der Waals surface area contributed by atoms with E-state index in [0.717, 1.165) is 17.4 Å². The third kappa shape index (κ3) is 6.01. The predicted molar refractivity (Wildman–Crippen MR) is 99.2 cm³/mol. The summed E-state index contributed by atoms with van der Waals surface area (Å²) in [5, 5.41) is -0.276. The number of amides is 1. The zero-order valence-corrected chi connectivity index (χ0v) is 17.3. The SMILES string of the molecule is O=C(CCC1CCCCC1)N1CC[NH+](c2ccc(Cl)c(C(F)(F)F)c2)CC1.[Cl-]. The van der Waals surface area contributed by atoms with Gasteiger partial charge in [-0.1, -0.05) is 43.7 Å². The lowest BCUT2D eigenvalue weighted by atomic mass is 9.86. The highest BCUT2D eigenvalue weighted by Gasteiger charge is 2.35. The van der Waals surface area contributed by atoms with E-state index >= 15 is 0 Å². The summed E-state index contributed by atoms with van der Waals surface area (Å²) in [5.41, 5.74) is -0.207. The van der Waals surface area contributed by atoms with Gasteiger partial charge in [-0.15, -0.1) is 0 Å². The molecule has 0 atom stereocenters. The molecule has 0 unspecified atom stereocenters. The largest absolute Gasteiger partial charge is 1.00 e. The van der Waals surface area contributed by atoms with Crippen LogP contribution in [-0.2, 0) is 11.0 Å². The van der Waals surface area contributed by atoms with Gasteiger partial charge in [0.2, 0.25) is 5.91 Å². The van der Waals surface area contributed by atoms with Crippen molar-refractivity contribution < 1.29 is 35.3 Å². The molecule has 3 rings (SSSR count). The molecule has 1 saturated carbocycles. The van der Waals surface area contributed by atoms with E-state index in [1.165, 1.54) is 38.2 Å². The maximum Gasteiger partial charge on any atom is 0.418 e. The first kappa shape index (κ1) is 23.3. The lowest BCUT2D eigenvalue weighted by molar-refractivity contribution is -0.837. The molecule has 1 N–H and O–H groups in total. The molecule has 28 heavy (non-hydrogen) atoms. The third-order valence-electron chi connectivity index (χ3n) is 5.89. The topological polar surface area (TPSA) is 24.8 Å². The molecule has 1 amide bonds. The molecule has 1 aliphatic heterocycles. The fourth-order valence-corrected chi connectivity index (χ4v) is 4.46. The van der Waals surface area contributed by atoms with Crippen LogP contribution in [-0.4, -0.2) is 37.0 Å². The van der Waals surface area contributed by atoms with Crippen LogP contribution in [0.15, 0.2) is 18.2 Å². The van der Waals surface area contributed by atoms with Crippen molar-refractivity contribution in [3.05, 3.63) is 28.8 Å². The minimum atomic E-state index is -4.45. The van der Waals surface area contributed by atoms with Gasteiger partial charge in [-0.25, -0.2) is 0 Å². The molecule has 1 heterocycles. The van der Waals surface area contributed by atoms with Crippen molar-refractivity contribution >= 4 is 23.2 Å². The highest BCUT2D eigenvalue weighted by Crippen LogP contribution is 2.35. The first-order valence-electron chi connectivity index (χ1n) is 9.84. The van der Waals surface area contributed by atoms with Gasteiger partial charge in [-0.3, -0.25) is 9.69 Å². The Balaban J connectivity index is 0.00000280. The van der Waals surface area contributed by atoms with Crippen LogP contribution in [0.25, 0.3) is 0 Å². The molecule has 158 valence electrons. The number of nitrogens with zero attached hydrogens (tertiary/aromatic N) is 1. The number of hydrogen-bond acceptors (Lipinski definition) is 1. The maximum atomic E-state index is 13.1. The summed E-state index contributed by atoms with van der Waals surface area (Å²) in [4.78, 5) is 15.3. The lowest BCUT2D eigenvalue weighted by Gasteiger charge is -2.32. The maximum absolute atomic E-state index is 13.1. The van der Waals surface area contributed by atoms with Gasteiger partial charge in [-0.05, 0) is 18.4 Å². The van der Waals surface area contributed by atoms with Crippen molar-refractivity contribution in [2.75, 3.05) is 26.2 Å². The molecule has 2 aliphatic rings. The number of quaternary nitrogens is 1. The van der Waals surface area contributed by atoms with Crippen molar-refractivity contribution in [1.29, 1.82) is 0 Å². The summed E-state index contributed by atoms with van der Waals surface area (Å²) < 4.78 is 39.2. The number of nitrogens with one attached hydrogen (secondary N) is 1. The molecule has 1 aromatic rings. The van der Waals surface area contributed by atoms with Crippen molar-refractivity contribution in [2.45, 2.75) is 51.1 Å². The van der Waals surface area contributed by atoms with E-state index < -0.39 is 11.7 Å². The zero-order chi connectivity index (χ0) is 19.4. The van der Waals surface area contributed by atoms with Gasteiger partial charge >= 0.3 is 6.18 Å². The van der Waals surface area contributed by atoms with Gasteiger partial charge in [0.15, 0.2) is 0 Å². The summed E-state index contributed by atoms with van der Waals surface area (Å²) in [6, 6.07) is 4.10. The van der Waals surface area contributed by atoms with Gasteiger partial charge in [-0.2, -0.15) is 13.2 Å². The van der Waals surface area contributed by atoms with Crippen molar-refractivity contribution in [3.63, 3.8) is 0 Å². The van der Waals surface area contributed by atoms with Crippen LogP contribution in [0.4, 0.5) is 18.9 Å². The Morgan fingerprint density at radius 1 is 1.14 bits per heavy atom. The highest BCUT2D eigenvalue weighted by atomic mass is 35.5. The lowest BCUT2D eigenvalue weighted by Crippen LogP contribution is -3.10. The van der Waals surface area contributed by atoms with Gasteiger partial charge in [0, 0.05) is 18.6 Å². The molecule has 0 radical (unpaired) electrons. The second kappa shape index (κ2) is 10.2. The van der Waals surface area contributed by atoms with Crippen molar-refractivity contribution in [1.82, 2.24) is 4.90 Å². The first-order valence-corrected chi connectivity index (χ1v) is 10.2. The van der Waals surface area contributed by atoms with Crippen molar-refractivity contribution in [2.24, 2.45) is 5.92 Å². The summed E-state index contributed by atoms with van der Waals surface area (Å²) in [7, 11) is 0. The van der Waals surface area contributed by atoms with Crippen LogP contribution in [0.1, 0.15) is 50.5 Å². The van der Waals surface area contributed by atoms with Gasteiger partial charge in [0.05, 0.1) is 36.8 Å². The second-order valence-corrected chi connectivity index (χ2v) is 8.13. The Kier molecular flexibility index (Phi) is 8.46. The minimum Gasteiger partial charge on any atom is -1.00 e. The van der Waals surface area contributed by atoms with Gasteiger partial charge in [0.25, 0.3) is 0 Å². The van der Waals surface area contributed by atoms with E-state index in [2.05, 4.69) is 0 Å². The Morgan fingerprint density at radius 3 is 2.39 bits per heavy atom. The van der Waals surface area contributed by atoms with E-state index in [1.807, 2.05) is 4.90 Å². The molecule has 0 spiro atoms. The number of alkyl halides is 3. The summed E-state index contributed by atoms with van der Waals surface area (Å²) in [5.74, 6) is 0.871. The standard InChI is InChI=1S/C20H26ClF3N2O.ClH/c21-18-8-7-16(14-17(18)20(22,23)24)25-10-12-26(13-11-25)19(27)9-6-15-4-2-1-3-5-15;/h7-8,14-15H,1-6,9-13H2;1H. The summed E-state index contributed by atoms with van der Waals surface area (Å²) >= 11 is 5.70. The average molecular weight is 439 g/mol. The number of carbonyl (C=O) groups excluding carboxylic acids is 1. The molecule has 2 fully saturated rings. The average Bonchev–Trinajstić information content (AvgIpc) is 2.66. The molecule has 1 aliphatic carbocycles. The molecule has 1 aromatic carbocycles. The summed E-state index contributed by atoms with van der Waals surface area (Å²) in [6.45, 7) is 2.41. The quantitative estimate of drug-likeness (QED) is 0.747. The smallest absolute Gasteiger partial charge is 0.418 e. The van der Waals surface area contributed by atoms with E-state index in [-0.39, 0.29) is 23.3 Å². The number of hydrogen-bond donors (Lipinski definition) is 1. The molecule has 3 nitrogen and oxygen atoms in total. The number of piperazine rings is 1. The normalized spacial score (nSPS) is 19.4. The predicted octanol–water partition coefficient (Wildman–Crippen LogP) is 1.08. The fourth-order valence-electron chi connectivity index (χ4n) is 4.24.